The van der Waals surface area contributed by atoms with Gasteiger partial charge in [0, 0.05) is 18.2 Å². The smallest absolute Gasteiger partial charge is 0.336 e. The molecule has 24 heavy (non-hydrogen) atoms. The number of nitrogens with zero attached hydrogens (tertiary/aromatic N) is 1. The van der Waals surface area contributed by atoms with Crippen molar-refractivity contribution in [2.75, 3.05) is 6.54 Å². The van der Waals surface area contributed by atoms with Crippen LogP contribution in [0.2, 0.25) is 0 Å². The molecule has 3 rings (SSSR count). The van der Waals surface area contributed by atoms with E-state index in [4.69, 9.17) is 0 Å². The molecule has 0 aromatic heterocycles. The number of amides is 1. The van der Waals surface area contributed by atoms with Crippen molar-refractivity contribution in [1.29, 1.82) is 0 Å². The summed E-state index contributed by atoms with van der Waals surface area (Å²) in [6.07, 6.45) is 3.18. The van der Waals surface area contributed by atoms with Gasteiger partial charge in [-0.05, 0) is 49.4 Å². The molecule has 4 heteroatoms. The zero-order chi connectivity index (χ0) is 17.1. The quantitative estimate of drug-likeness (QED) is 0.926. The Morgan fingerprint density at radius 2 is 1.54 bits per heavy atom. The van der Waals surface area contributed by atoms with E-state index in [-0.39, 0.29) is 17.5 Å². The third-order valence-corrected chi connectivity index (χ3v) is 4.67. The van der Waals surface area contributed by atoms with Crippen molar-refractivity contribution in [2.45, 2.75) is 32.2 Å². The Labute approximate surface area is 141 Å². The van der Waals surface area contributed by atoms with E-state index in [1.807, 2.05) is 23.1 Å². The maximum atomic E-state index is 13.1. The zero-order valence-corrected chi connectivity index (χ0v) is 13.7. The van der Waals surface area contributed by atoms with Gasteiger partial charge in [0.15, 0.2) is 0 Å². The number of benzene rings is 2. The summed E-state index contributed by atoms with van der Waals surface area (Å²) in [7, 11) is 0. The molecule has 4 nitrogen and oxygen atoms in total. The van der Waals surface area contributed by atoms with Crippen LogP contribution in [0.5, 0.6) is 0 Å². The molecule has 0 saturated carbocycles. The van der Waals surface area contributed by atoms with Crippen molar-refractivity contribution in [3.05, 3.63) is 59.7 Å². The topological polar surface area (TPSA) is 57.6 Å². The van der Waals surface area contributed by atoms with Gasteiger partial charge in [0.2, 0.25) is 0 Å². The third kappa shape index (κ3) is 3.04. The summed E-state index contributed by atoms with van der Waals surface area (Å²) in [5.74, 6) is -1.00. The predicted molar refractivity (Wildman–Crippen MR) is 93.2 cm³/mol. The largest absolute Gasteiger partial charge is 0.478 e. The molecule has 1 N–H and O–H groups in total. The molecular formula is C20H21NO3. The highest BCUT2D eigenvalue weighted by Gasteiger charge is 2.26. The third-order valence-electron chi connectivity index (χ3n) is 4.67. The molecule has 0 radical (unpaired) electrons. The number of carbonyl (C=O) groups is 2. The van der Waals surface area contributed by atoms with E-state index >= 15 is 0 Å². The number of rotatable bonds is 3. The second-order valence-corrected chi connectivity index (χ2v) is 6.24. The number of carboxylic acid groups (broad SMARTS) is 1. The number of likely N-dealkylation sites (tertiary alicyclic amines) is 1. The summed E-state index contributed by atoms with van der Waals surface area (Å²) in [6, 6.07) is 14.3. The summed E-state index contributed by atoms with van der Waals surface area (Å²) in [4.78, 5) is 26.5. The van der Waals surface area contributed by atoms with Gasteiger partial charge in [0.05, 0.1) is 5.56 Å². The highest BCUT2D eigenvalue weighted by Crippen LogP contribution is 2.29. The Hall–Kier alpha value is -2.62. The zero-order valence-electron chi connectivity index (χ0n) is 13.7. The second-order valence-electron chi connectivity index (χ2n) is 6.24. The van der Waals surface area contributed by atoms with Crippen molar-refractivity contribution in [1.82, 2.24) is 4.90 Å². The van der Waals surface area contributed by atoms with Crippen molar-refractivity contribution in [3.8, 4) is 11.1 Å². The molecule has 2 aromatic rings. The van der Waals surface area contributed by atoms with Crippen LogP contribution in [0, 0.1) is 0 Å². The van der Waals surface area contributed by atoms with E-state index in [2.05, 4.69) is 6.92 Å². The van der Waals surface area contributed by atoms with E-state index in [0.717, 1.165) is 25.8 Å². The standard InChI is InChI=1S/C20H21NO3/c1-14-8-6-7-13-21(14)19(22)17-11-4-2-9-15(17)16-10-3-5-12-18(16)20(23)24/h2-5,9-12,14H,6-8,13H2,1H3,(H,23,24). The Morgan fingerprint density at radius 3 is 2.17 bits per heavy atom. The van der Waals surface area contributed by atoms with Gasteiger partial charge >= 0.3 is 5.97 Å². The highest BCUT2D eigenvalue weighted by molar-refractivity contribution is 6.04. The lowest BCUT2D eigenvalue weighted by molar-refractivity contribution is 0.0634. The van der Waals surface area contributed by atoms with Gasteiger partial charge in [-0.25, -0.2) is 4.79 Å². The van der Waals surface area contributed by atoms with Crippen molar-refractivity contribution >= 4 is 11.9 Å². The SMILES string of the molecule is CC1CCCCN1C(=O)c1ccccc1-c1ccccc1C(=O)O. The number of piperidine rings is 1. The van der Waals surface area contributed by atoms with Crippen LogP contribution in [0.15, 0.2) is 48.5 Å². The summed E-state index contributed by atoms with van der Waals surface area (Å²) in [5.41, 5.74) is 2.04. The van der Waals surface area contributed by atoms with E-state index in [1.165, 1.54) is 0 Å². The van der Waals surface area contributed by atoms with Gasteiger partial charge < -0.3 is 10.0 Å². The summed E-state index contributed by atoms with van der Waals surface area (Å²) >= 11 is 0. The Balaban J connectivity index is 2.06. The number of hydrogen-bond acceptors (Lipinski definition) is 2. The molecular weight excluding hydrogens is 302 g/mol. The van der Waals surface area contributed by atoms with Crippen LogP contribution in [-0.2, 0) is 0 Å². The lowest BCUT2D eigenvalue weighted by atomic mass is 9.93. The van der Waals surface area contributed by atoms with Gasteiger partial charge in [0.25, 0.3) is 5.91 Å². The summed E-state index contributed by atoms with van der Waals surface area (Å²) in [5, 5.41) is 9.45. The van der Waals surface area contributed by atoms with Crippen LogP contribution < -0.4 is 0 Å². The minimum Gasteiger partial charge on any atom is -0.478 e. The van der Waals surface area contributed by atoms with Crippen molar-refractivity contribution in [3.63, 3.8) is 0 Å². The van der Waals surface area contributed by atoms with Crippen LogP contribution in [0.1, 0.15) is 46.9 Å². The fourth-order valence-electron chi connectivity index (χ4n) is 3.36. The Kier molecular flexibility index (Phi) is 4.65. The van der Waals surface area contributed by atoms with Gasteiger partial charge in [0.1, 0.15) is 0 Å². The highest BCUT2D eigenvalue weighted by atomic mass is 16.4. The average Bonchev–Trinajstić information content (AvgIpc) is 2.61. The first kappa shape index (κ1) is 16.2. The van der Waals surface area contributed by atoms with E-state index in [0.29, 0.717) is 16.7 Å². The van der Waals surface area contributed by atoms with Crippen LogP contribution in [-0.4, -0.2) is 34.5 Å². The molecule has 0 aliphatic carbocycles. The summed E-state index contributed by atoms with van der Waals surface area (Å²) < 4.78 is 0. The average molecular weight is 323 g/mol. The molecule has 1 unspecified atom stereocenters. The molecule has 1 atom stereocenters. The van der Waals surface area contributed by atoms with Gasteiger partial charge in [-0.2, -0.15) is 0 Å². The molecule has 1 fully saturated rings. The van der Waals surface area contributed by atoms with Crippen LogP contribution in [0.3, 0.4) is 0 Å². The molecule has 0 bridgehead atoms. The van der Waals surface area contributed by atoms with Crippen molar-refractivity contribution in [2.24, 2.45) is 0 Å². The molecule has 1 aliphatic heterocycles. The molecule has 1 amide bonds. The molecule has 1 heterocycles. The van der Waals surface area contributed by atoms with Crippen LogP contribution in [0.25, 0.3) is 11.1 Å². The predicted octanol–water partition coefficient (Wildman–Crippen LogP) is 4.07. The molecule has 0 spiro atoms. The summed E-state index contributed by atoms with van der Waals surface area (Å²) in [6.45, 7) is 2.83. The van der Waals surface area contributed by atoms with Gasteiger partial charge in [-0.3, -0.25) is 4.79 Å². The monoisotopic (exact) mass is 323 g/mol. The molecule has 2 aromatic carbocycles. The van der Waals surface area contributed by atoms with E-state index in [9.17, 15) is 14.7 Å². The first-order chi connectivity index (χ1) is 11.6. The normalized spacial score (nSPS) is 17.5. The molecule has 1 aliphatic rings. The first-order valence-electron chi connectivity index (χ1n) is 8.32. The Bertz CT molecular complexity index is 769. The fraction of sp³-hybridized carbons (Fsp3) is 0.300. The van der Waals surface area contributed by atoms with Crippen molar-refractivity contribution < 1.29 is 14.7 Å². The maximum absolute atomic E-state index is 13.1. The number of aromatic carboxylic acids is 1. The lowest BCUT2D eigenvalue weighted by Crippen LogP contribution is -2.42. The minimum absolute atomic E-state index is 0.0157. The maximum Gasteiger partial charge on any atom is 0.336 e. The molecule has 1 saturated heterocycles. The van der Waals surface area contributed by atoms with E-state index < -0.39 is 5.97 Å². The van der Waals surface area contributed by atoms with Gasteiger partial charge in [-0.15, -0.1) is 0 Å². The van der Waals surface area contributed by atoms with Gasteiger partial charge in [-0.1, -0.05) is 36.4 Å². The van der Waals surface area contributed by atoms with Crippen LogP contribution >= 0.6 is 0 Å². The minimum atomic E-state index is -0.987. The first-order valence-corrected chi connectivity index (χ1v) is 8.32. The second kappa shape index (κ2) is 6.87. The van der Waals surface area contributed by atoms with E-state index in [1.54, 1.807) is 30.3 Å². The van der Waals surface area contributed by atoms with Crippen LogP contribution in [0.4, 0.5) is 0 Å². The fourth-order valence-corrected chi connectivity index (χ4v) is 3.36. The molecule has 124 valence electrons. The number of hydrogen-bond donors (Lipinski definition) is 1. The number of carboxylic acids is 1. The Morgan fingerprint density at radius 1 is 0.958 bits per heavy atom. The number of carbonyl (C=O) groups excluding carboxylic acids is 1. The lowest BCUT2D eigenvalue weighted by Gasteiger charge is -2.34.